The number of carbonyl (C=O) groups is 2. The van der Waals surface area contributed by atoms with Gasteiger partial charge in [-0.2, -0.15) is 0 Å². The van der Waals surface area contributed by atoms with Crippen LogP contribution in [0.15, 0.2) is 24.3 Å². The lowest BCUT2D eigenvalue weighted by Crippen LogP contribution is -2.25. The summed E-state index contributed by atoms with van der Waals surface area (Å²) in [4.78, 5) is 22.1. The van der Waals surface area contributed by atoms with Crippen molar-refractivity contribution in [3.63, 3.8) is 0 Å². The van der Waals surface area contributed by atoms with Gasteiger partial charge in [-0.1, -0.05) is 30.0 Å². The summed E-state index contributed by atoms with van der Waals surface area (Å²) in [5, 5.41) is 1.30. The van der Waals surface area contributed by atoms with E-state index in [1.165, 1.54) is 6.07 Å². The Morgan fingerprint density at radius 3 is 2.67 bits per heavy atom. The molecule has 2 amide bonds. The van der Waals surface area contributed by atoms with E-state index in [-0.39, 0.29) is 23.4 Å². The molecule has 1 atom stereocenters. The average Bonchev–Trinajstić information content (AvgIpc) is 2.49. The Labute approximate surface area is 90.0 Å². The number of amides is 2. The molecule has 0 bridgehead atoms. The first-order chi connectivity index (χ1) is 7.16. The molecular weight excluding hydrogens is 217 g/mol. The van der Waals surface area contributed by atoms with Crippen LogP contribution in [0, 0.1) is 5.82 Å². The lowest BCUT2D eigenvalue weighted by Gasteiger charge is -2.05. The summed E-state index contributed by atoms with van der Waals surface area (Å²) >= 11 is 0.911. The molecule has 1 aliphatic rings. The van der Waals surface area contributed by atoms with Crippen molar-refractivity contribution in [1.29, 1.82) is 0 Å². The maximum atomic E-state index is 13.2. The molecule has 1 N–H and O–H groups in total. The van der Waals surface area contributed by atoms with Gasteiger partial charge in [-0.05, 0) is 18.1 Å². The Kier molecular flexibility index (Phi) is 2.73. The second-order valence-electron chi connectivity index (χ2n) is 3.18. The van der Waals surface area contributed by atoms with Crippen molar-refractivity contribution >= 4 is 22.9 Å². The van der Waals surface area contributed by atoms with E-state index in [0.717, 1.165) is 11.8 Å². The number of halogens is 1. The number of carbonyl (C=O) groups excluding carboxylic acids is 2. The smallest absolute Gasteiger partial charge is 0.286 e. The first-order valence-electron chi connectivity index (χ1n) is 4.41. The fourth-order valence-corrected chi connectivity index (χ4v) is 2.24. The average molecular weight is 225 g/mol. The van der Waals surface area contributed by atoms with Gasteiger partial charge in [0.2, 0.25) is 5.91 Å². The zero-order chi connectivity index (χ0) is 10.8. The van der Waals surface area contributed by atoms with E-state index >= 15 is 0 Å². The first kappa shape index (κ1) is 10.2. The first-order valence-corrected chi connectivity index (χ1v) is 5.29. The molecule has 15 heavy (non-hydrogen) atoms. The SMILES string of the molecule is O=C1NC(=O)[C@@H](Cc2ccccc2F)S1. The molecule has 0 unspecified atom stereocenters. The molecule has 0 radical (unpaired) electrons. The largest absolute Gasteiger partial charge is 0.286 e. The lowest BCUT2D eigenvalue weighted by molar-refractivity contribution is -0.118. The zero-order valence-corrected chi connectivity index (χ0v) is 8.51. The Balaban J connectivity index is 2.13. The molecule has 1 heterocycles. The van der Waals surface area contributed by atoms with Crippen LogP contribution in [0.1, 0.15) is 5.56 Å². The van der Waals surface area contributed by atoms with Crippen LogP contribution in [-0.4, -0.2) is 16.4 Å². The van der Waals surface area contributed by atoms with Crippen molar-refractivity contribution in [3.8, 4) is 0 Å². The fourth-order valence-electron chi connectivity index (χ4n) is 1.39. The minimum atomic E-state index is -0.505. The maximum Gasteiger partial charge on any atom is 0.286 e. The van der Waals surface area contributed by atoms with Crippen molar-refractivity contribution in [2.75, 3.05) is 0 Å². The summed E-state index contributed by atoms with van der Waals surface area (Å²) in [6, 6.07) is 6.25. The fraction of sp³-hybridized carbons (Fsp3) is 0.200. The highest BCUT2D eigenvalue weighted by molar-refractivity contribution is 8.15. The topological polar surface area (TPSA) is 46.2 Å². The second kappa shape index (κ2) is 4.02. The van der Waals surface area contributed by atoms with Gasteiger partial charge in [-0.15, -0.1) is 0 Å². The van der Waals surface area contributed by atoms with Gasteiger partial charge in [-0.25, -0.2) is 4.39 Å². The van der Waals surface area contributed by atoms with Crippen molar-refractivity contribution in [1.82, 2.24) is 5.32 Å². The molecule has 1 aromatic carbocycles. The van der Waals surface area contributed by atoms with Gasteiger partial charge in [0.25, 0.3) is 5.24 Å². The maximum absolute atomic E-state index is 13.2. The standard InChI is InChI=1S/C10H8FNO2S/c11-7-4-2-1-3-6(7)5-8-9(13)12-10(14)15-8/h1-4,8H,5H2,(H,12,13,14)/t8-/m1/s1. The number of rotatable bonds is 2. The molecule has 5 heteroatoms. The van der Waals surface area contributed by atoms with Crippen LogP contribution in [0.3, 0.4) is 0 Å². The summed E-state index contributed by atoms with van der Waals surface area (Å²) < 4.78 is 13.2. The normalized spacial score (nSPS) is 20.5. The molecule has 3 nitrogen and oxygen atoms in total. The molecule has 0 aromatic heterocycles. The summed E-state index contributed by atoms with van der Waals surface area (Å²) in [6.07, 6.45) is 0.245. The second-order valence-corrected chi connectivity index (χ2v) is 4.35. The molecule has 0 aliphatic carbocycles. The lowest BCUT2D eigenvalue weighted by atomic mass is 10.1. The number of benzene rings is 1. The minimum absolute atomic E-state index is 0.245. The van der Waals surface area contributed by atoms with Gasteiger partial charge in [0.15, 0.2) is 0 Å². The molecular formula is C10H8FNO2S. The van der Waals surface area contributed by atoms with E-state index in [1.54, 1.807) is 18.2 Å². The van der Waals surface area contributed by atoms with Crippen LogP contribution in [0.25, 0.3) is 0 Å². The number of imide groups is 1. The third-order valence-electron chi connectivity index (χ3n) is 2.13. The summed E-state index contributed by atoms with van der Waals surface area (Å²) in [5.74, 6) is -0.682. The van der Waals surface area contributed by atoms with E-state index in [4.69, 9.17) is 0 Å². The van der Waals surface area contributed by atoms with E-state index in [2.05, 4.69) is 5.32 Å². The molecule has 1 fully saturated rings. The van der Waals surface area contributed by atoms with Crippen LogP contribution in [0.5, 0.6) is 0 Å². The van der Waals surface area contributed by atoms with E-state index in [0.29, 0.717) is 5.56 Å². The van der Waals surface area contributed by atoms with E-state index < -0.39 is 5.25 Å². The summed E-state index contributed by atoms with van der Waals surface area (Å²) in [6.45, 7) is 0. The van der Waals surface area contributed by atoms with Crippen LogP contribution in [0.2, 0.25) is 0 Å². The van der Waals surface area contributed by atoms with Gasteiger partial charge in [0.05, 0.1) is 5.25 Å². The number of hydrogen-bond acceptors (Lipinski definition) is 3. The molecule has 0 saturated carbocycles. The van der Waals surface area contributed by atoms with E-state index in [1.807, 2.05) is 0 Å². The highest BCUT2D eigenvalue weighted by atomic mass is 32.2. The van der Waals surface area contributed by atoms with Crippen LogP contribution < -0.4 is 5.32 Å². The van der Waals surface area contributed by atoms with Gasteiger partial charge in [0, 0.05) is 0 Å². The van der Waals surface area contributed by atoms with Crippen molar-refractivity contribution in [3.05, 3.63) is 35.6 Å². The van der Waals surface area contributed by atoms with Gasteiger partial charge >= 0.3 is 0 Å². The molecule has 1 aliphatic heterocycles. The van der Waals surface area contributed by atoms with Crippen molar-refractivity contribution < 1.29 is 14.0 Å². The molecule has 0 spiro atoms. The summed E-state index contributed by atoms with van der Waals surface area (Å²) in [7, 11) is 0. The highest BCUT2D eigenvalue weighted by Gasteiger charge is 2.31. The molecule has 2 rings (SSSR count). The Morgan fingerprint density at radius 2 is 2.07 bits per heavy atom. The number of nitrogens with one attached hydrogen (secondary N) is 1. The van der Waals surface area contributed by atoms with Crippen LogP contribution in [0.4, 0.5) is 9.18 Å². The Morgan fingerprint density at radius 1 is 1.33 bits per heavy atom. The van der Waals surface area contributed by atoms with Crippen LogP contribution >= 0.6 is 11.8 Å². The molecule has 1 saturated heterocycles. The molecule has 78 valence electrons. The number of thioether (sulfide) groups is 1. The predicted octanol–water partition coefficient (Wildman–Crippen LogP) is 1.72. The van der Waals surface area contributed by atoms with Crippen molar-refractivity contribution in [2.45, 2.75) is 11.7 Å². The van der Waals surface area contributed by atoms with E-state index in [9.17, 15) is 14.0 Å². The molecule has 1 aromatic rings. The Hall–Kier alpha value is -1.36. The third kappa shape index (κ3) is 2.18. The predicted molar refractivity (Wildman–Crippen MR) is 55.0 cm³/mol. The monoisotopic (exact) mass is 225 g/mol. The Bertz CT molecular complexity index is 422. The third-order valence-corrected chi connectivity index (χ3v) is 3.11. The highest BCUT2D eigenvalue weighted by Crippen LogP contribution is 2.23. The van der Waals surface area contributed by atoms with Gasteiger partial charge in [0.1, 0.15) is 5.82 Å². The zero-order valence-electron chi connectivity index (χ0n) is 7.70. The summed E-state index contributed by atoms with van der Waals surface area (Å²) in [5.41, 5.74) is 0.458. The quantitative estimate of drug-likeness (QED) is 0.833. The van der Waals surface area contributed by atoms with Crippen molar-refractivity contribution in [2.24, 2.45) is 0 Å². The van der Waals surface area contributed by atoms with Crippen LogP contribution in [-0.2, 0) is 11.2 Å². The van der Waals surface area contributed by atoms with Gasteiger partial charge < -0.3 is 0 Å². The minimum Gasteiger partial charge on any atom is -0.286 e. The van der Waals surface area contributed by atoms with Gasteiger partial charge in [-0.3, -0.25) is 14.9 Å². The number of hydrogen-bond donors (Lipinski definition) is 1.